The molecule has 2 aromatic carbocycles. The number of amides is 2. The normalized spacial score (nSPS) is 19.1. The first-order valence-corrected chi connectivity index (χ1v) is 9.40. The highest BCUT2D eigenvalue weighted by Gasteiger charge is 2.36. The summed E-state index contributed by atoms with van der Waals surface area (Å²) in [4.78, 5) is 26.6. The Bertz CT molecular complexity index is 992. The van der Waals surface area contributed by atoms with Crippen LogP contribution in [-0.4, -0.2) is 25.2 Å². The van der Waals surface area contributed by atoms with Crippen molar-refractivity contribution in [3.05, 3.63) is 53.6 Å². The van der Waals surface area contributed by atoms with Gasteiger partial charge in [0.05, 0.1) is 17.5 Å². The molecule has 1 fully saturated rings. The monoisotopic (exact) mass is 420 g/mol. The van der Waals surface area contributed by atoms with Gasteiger partial charge in [0, 0.05) is 24.7 Å². The molecule has 2 aliphatic rings. The zero-order chi connectivity index (χ0) is 21.5. The number of alkyl halides is 3. The number of hydrogen-bond donors (Lipinski definition) is 1. The minimum atomic E-state index is -4.46. The number of carbonyl (C=O) groups excluding carboxylic acids is 2. The molecule has 2 heterocycles. The Morgan fingerprint density at radius 3 is 2.70 bits per heavy atom. The summed E-state index contributed by atoms with van der Waals surface area (Å²) in [6, 6.07) is 9.31. The number of nitrogens with one attached hydrogen (secondary N) is 1. The summed E-state index contributed by atoms with van der Waals surface area (Å²) >= 11 is 0. The topological polar surface area (TPSA) is 67.9 Å². The molecule has 2 aliphatic heterocycles. The summed E-state index contributed by atoms with van der Waals surface area (Å²) in [6.45, 7) is 1.91. The van der Waals surface area contributed by atoms with Gasteiger partial charge in [0.1, 0.15) is 0 Å². The first kappa shape index (κ1) is 20.1. The molecule has 0 unspecified atom stereocenters. The van der Waals surface area contributed by atoms with Gasteiger partial charge in [-0.15, -0.1) is 0 Å². The van der Waals surface area contributed by atoms with Gasteiger partial charge in [-0.3, -0.25) is 9.59 Å². The highest BCUT2D eigenvalue weighted by Crippen LogP contribution is 2.37. The number of hydrogen-bond acceptors (Lipinski definition) is 4. The first-order valence-electron chi connectivity index (χ1n) is 9.40. The van der Waals surface area contributed by atoms with E-state index in [1.165, 1.54) is 17.0 Å². The fraction of sp³-hybridized carbons (Fsp3) is 0.333. The fourth-order valence-corrected chi connectivity index (χ4v) is 3.58. The van der Waals surface area contributed by atoms with Crippen LogP contribution in [0, 0.1) is 5.92 Å². The van der Waals surface area contributed by atoms with Gasteiger partial charge < -0.3 is 19.7 Å². The van der Waals surface area contributed by atoms with E-state index in [-0.39, 0.29) is 31.6 Å². The van der Waals surface area contributed by atoms with E-state index in [2.05, 4.69) is 5.32 Å². The average Bonchev–Trinajstić information content (AvgIpc) is 3.33. The third-order valence-corrected chi connectivity index (χ3v) is 5.24. The third-order valence-electron chi connectivity index (χ3n) is 5.24. The summed E-state index contributed by atoms with van der Waals surface area (Å²) < 4.78 is 49.3. The van der Waals surface area contributed by atoms with Crippen molar-refractivity contribution >= 4 is 17.5 Å². The van der Waals surface area contributed by atoms with E-state index < -0.39 is 23.7 Å². The highest BCUT2D eigenvalue weighted by molar-refractivity contribution is 6.00. The molecule has 0 aliphatic carbocycles. The van der Waals surface area contributed by atoms with Crippen LogP contribution in [0.4, 0.5) is 18.9 Å². The number of fused-ring (bicyclic) bond motifs is 1. The molecule has 0 spiro atoms. The van der Waals surface area contributed by atoms with Crippen molar-refractivity contribution in [2.45, 2.75) is 25.6 Å². The zero-order valence-corrected chi connectivity index (χ0v) is 16.0. The van der Waals surface area contributed by atoms with E-state index in [9.17, 15) is 22.8 Å². The van der Waals surface area contributed by atoms with Crippen molar-refractivity contribution in [1.82, 2.24) is 5.32 Å². The lowest BCUT2D eigenvalue weighted by Crippen LogP contribution is -2.34. The molecule has 1 saturated heterocycles. The van der Waals surface area contributed by atoms with Gasteiger partial charge in [-0.2, -0.15) is 13.2 Å². The van der Waals surface area contributed by atoms with Crippen molar-refractivity contribution in [3.8, 4) is 11.5 Å². The Kier molecular flexibility index (Phi) is 5.05. The SMILES string of the molecule is C[C@H](NC(=O)[C@@H]1CC(=O)N(c2ccc3c(c2)OCO3)C1)c1cccc(C(F)(F)F)c1. The van der Waals surface area contributed by atoms with Gasteiger partial charge in [-0.1, -0.05) is 12.1 Å². The van der Waals surface area contributed by atoms with E-state index in [1.54, 1.807) is 25.1 Å². The lowest BCUT2D eigenvalue weighted by molar-refractivity contribution is -0.137. The van der Waals surface area contributed by atoms with Gasteiger partial charge in [0.2, 0.25) is 18.6 Å². The van der Waals surface area contributed by atoms with E-state index in [4.69, 9.17) is 9.47 Å². The minimum absolute atomic E-state index is 0.0234. The Balaban J connectivity index is 1.43. The van der Waals surface area contributed by atoms with Gasteiger partial charge >= 0.3 is 6.18 Å². The molecular formula is C21H19F3N2O4. The second-order valence-electron chi connectivity index (χ2n) is 7.30. The number of ether oxygens (including phenoxy) is 2. The predicted molar refractivity (Wildman–Crippen MR) is 101 cm³/mol. The molecule has 0 saturated carbocycles. The van der Waals surface area contributed by atoms with Crippen molar-refractivity contribution in [2.75, 3.05) is 18.2 Å². The molecule has 0 bridgehead atoms. The average molecular weight is 420 g/mol. The van der Waals surface area contributed by atoms with Crippen LogP contribution in [0.25, 0.3) is 0 Å². The van der Waals surface area contributed by atoms with Crippen LogP contribution in [-0.2, 0) is 15.8 Å². The van der Waals surface area contributed by atoms with Crippen LogP contribution in [0.3, 0.4) is 0 Å². The molecular weight excluding hydrogens is 401 g/mol. The summed E-state index contributed by atoms with van der Waals surface area (Å²) in [6.07, 6.45) is -4.43. The maximum atomic E-state index is 12.9. The Hall–Kier alpha value is -3.23. The molecule has 2 atom stereocenters. The molecule has 1 N–H and O–H groups in total. The Morgan fingerprint density at radius 1 is 1.17 bits per heavy atom. The van der Waals surface area contributed by atoms with Crippen LogP contribution < -0.4 is 19.7 Å². The molecule has 9 heteroatoms. The van der Waals surface area contributed by atoms with Gasteiger partial charge in [0.25, 0.3) is 0 Å². The number of benzene rings is 2. The zero-order valence-electron chi connectivity index (χ0n) is 16.0. The van der Waals surface area contributed by atoms with E-state index in [0.29, 0.717) is 22.7 Å². The molecule has 0 radical (unpaired) electrons. The van der Waals surface area contributed by atoms with Crippen LogP contribution in [0.15, 0.2) is 42.5 Å². The maximum absolute atomic E-state index is 12.9. The van der Waals surface area contributed by atoms with Gasteiger partial charge in [-0.25, -0.2) is 0 Å². The van der Waals surface area contributed by atoms with E-state index in [1.807, 2.05) is 0 Å². The number of nitrogens with zero attached hydrogens (tertiary/aromatic N) is 1. The van der Waals surface area contributed by atoms with Crippen LogP contribution in [0.1, 0.15) is 30.5 Å². The molecule has 0 aromatic heterocycles. The molecule has 4 rings (SSSR count). The largest absolute Gasteiger partial charge is 0.454 e. The van der Waals surface area contributed by atoms with Crippen LogP contribution >= 0.6 is 0 Å². The van der Waals surface area contributed by atoms with E-state index >= 15 is 0 Å². The lowest BCUT2D eigenvalue weighted by Gasteiger charge is -2.19. The molecule has 6 nitrogen and oxygen atoms in total. The third kappa shape index (κ3) is 3.92. The summed E-state index contributed by atoms with van der Waals surface area (Å²) in [5.41, 5.74) is 0.173. The van der Waals surface area contributed by atoms with E-state index in [0.717, 1.165) is 12.1 Å². The summed E-state index contributed by atoms with van der Waals surface area (Å²) in [7, 11) is 0. The Labute approximate surface area is 170 Å². The van der Waals surface area contributed by atoms with Crippen molar-refractivity contribution in [1.29, 1.82) is 0 Å². The van der Waals surface area contributed by atoms with Gasteiger partial charge in [-0.05, 0) is 36.8 Å². The number of anilines is 1. The second kappa shape index (κ2) is 7.55. The summed E-state index contributed by atoms with van der Waals surface area (Å²) in [5, 5.41) is 2.72. The minimum Gasteiger partial charge on any atom is -0.454 e. The summed E-state index contributed by atoms with van der Waals surface area (Å²) in [5.74, 6) is -0.0608. The van der Waals surface area contributed by atoms with Gasteiger partial charge in [0.15, 0.2) is 11.5 Å². The predicted octanol–water partition coefficient (Wildman–Crippen LogP) is 3.66. The maximum Gasteiger partial charge on any atom is 0.416 e. The van der Waals surface area contributed by atoms with Crippen LogP contribution in [0.2, 0.25) is 0 Å². The number of rotatable bonds is 4. The smallest absolute Gasteiger partial charge is 0.416 e. The van der Waals surface area contributed by atoms with Crippen LogP contribution in [0.5, 0.6) is 11.5 Å². The molecule has 158 valence electrons. The van der Waals surface area contributed by atoms with Crippen molar-refractivity contribution in [2.24, 2.45) is 5.92 Å². The standard InChI is InChI=1S/C21H19F3N2O4/c1-12(13-3-2-4-15(7-13)21(22,23)24)25-20(28)14-8-19(27)26(10-14)16-5-6-17-18(9-16)30-11-29-17/h2-7,9,12,14H,8,10-11H2,1H3,(H,25,28)/t12-,14+/m0/s1. The van der Waals surface area contributed by atoms with Crippen molar-refractivity contribution < 1.29 is 32.2 Å². The molecule has 2 aromatic rings. The molecule has 2 amide bonds. The number of carbonyl (C=O) groups is 2. The first-order chi connectivity index (χ1) is 14.2. The van der Waals surface area contributed by atoms with Crippen molar-refractivity contribution in [3.63, 3.8) is 0 Å². The number of halogens is 3. The molecule has 30 heavy (non-hydrogen) atoms. The Morgan fingerprint density at radius 2 is 1.93 bits per heavy atom. The quantitative estimate of drug-likeness (QED) is 0.820. The highest BCUT2D eigenvalue weighted by atomic mass is 19.4. The fourth-order valence-electron chi connectivity index (χ4n) is 3.58. The second-order valence-corrected chi connectivity index (χ2v) is 7.30. The lowest BCUT2D eigenvalue weighted by atomic mass is 10.0.